The number of carbonyl (C=O) groups is 1. The number of nitrogens with one attached hydrogen (secondary N) is 1. The number of alkyl halides is 3. The van der Waals surface area contributed by atoms with Gasteiger partial charge in [-0.05, 0) is 55.5 Å². The van der Waals surface area contributed by atoms with Crippen LogP contribution in [0, 0.1) is 11.3 Å². The van der Waals surface area contributed by atoms with Crippen molar-refractivity contribution in [3.05, 3.63) is 53.1 Å². The van der Waals surface area contributed by atoms with E-state index in [0.29, 0.717) is 38.0 Å². The number of hydrogen-bond donors (Lipinski definition) is 1. The number of hydrogen-bond acceptors (Lipinski definition) is 7. The molecule has 0 aliphatic carbocycles. The predicted molar refractivity (Wildman–Crippen MR) is 128 cm³/mol. The third kappa shape index (κ3) is 8.05. The third-order valence-electron chi connectivity index (χ3n) is 5.73. The highest BCUT2D eigenvalue weighted by Crippen LogP contribution is 2.33. The number of halogens is 3. The molecule has 194 valence electrons. The molecule has 2 aromatic carbocycles. The van der Waals surface area contributed by atoms with Crippen molar-refractivity contribution < 1.29 is 32.2 Å². The van der Waals surface area contributed by atoms with Gasteiger partial charge in [-0.2, -0.15) is 18.4 Å². The molecular formula is C26H30F3N3O4. The lowest BCUT2D eigenvalue weighted by Gasteiger charge is -2.21. The van der Waals surface area contributed by atoms with E-state index in [1.165, 1.54) is 6.07 Å². The maximum atomic E-state index is 12.5. The SMILES string of the molecule is C[C@H](Cc1cc(C#N)c2c(c1)CCN2CCCOC=O)NCCOc1ccccc1OCC(F)(F)F. The summed E-state index contributed by atoms with van der Waals surface area (Å²) in [5, 5.41) is 13.1. The molecule has 0 bridgehead atoms. The largest absolute Gasteiger partial charge is 0.488 e. The molecule has 0 radical (unpaired) electrons. The van der Waals surface area contributed by atoms with Gasteiger partial charge in [0, 0.05) is 25.7 Å². The maximum Gasteiger partial charge on any atom is 0.422 e. The fourth-order valence-electron chi connectivity index (χ4n) is 4.25. The van der Waals surface area contributed by atoms with Crippen molar-refractivity contribution in [2.75, 3.05) is 44.4 Å². The number of para-hydroxylation sites is 2. The molecule has 0 fully saturated rings. The van der Waals surface area contributed by atoms with Crippen LogP contribution in [-0.4, -0.2) is 58.1 Å². The van der Waals surface area contributed by atoms with Crippen LogP contribution in [0.1, 0.15) is 30.0 Å². The summed E-state index contributed by atoms with van der Waals surface area (Å²) >= 11 is 0. The Labute approximate surface area is 208 Å². The van der Waals surface area contributed by atoms with E-state index >= 15 is 0 Å². The second-order valence-corrected chi connectivity index (χ2v) is 8.58. The van der Waals surface area contributed by atoms with Crippen LogP contribution in [0.4, 0.5) is 18.9 Å². The van der Waals surface area contributed by atoms with Crippen molar-refractivity contribution in [1.82, 2.24) is 5.32 Å². The summed E-state index contributed by atoms with van der Waals surface area (Å²) < 4.78 is 52.6. The van der Waals surface area contributed by atoms with Gasteiger partial charge in [-0.25, -0.2) is 0 Å². The van der Waals surface area contributed by atoms with Crippen molar-refractivity contribution in [3.63, 3.8) is 0 Å². The van der Waals surface area contributed by atoms with Crippen LogP contribution < -0.4 is 19.7 Å². The summed E-state index contributed by atoms with van der Waals surface area (Å²) in [7, 11) is 0. The first-order valence-corrected chi connectivity index (χ1v) is 11.8. The second-order valence-electron chi connectivity index (χ2n) is 8.58. The molecule has 0 saturated carbocycles. The zero-order valence-corrected chi connectivity index (χ0v) is 20.1. The highest BCUT2D eigenvalue weighted by atomic mass is 19.4. The molecule has 1 aliphatic rings. The molecule has 0 amide bonds. The third-order valence-corrected chi connectivity index (χ3v) is 5.73. The predicted octanol–water partition coefficient (Wildman–Crippen LogP) is 4.02. The quantitative estimate of drug-likeness (QED) is 0.307. The van der Waals surface area contributed by atoms with Crippen LogP contribution in [-0.2, 0) is 22.4 Å². The van der Waals surface area contributed by atoms with Crippen molar-refractivity contribution in [2.45, 2.75) is 38.4 Å². The van der Waals surface area contributed by atoms with Crippen LogP contribution in [0.2, 0.25) is 0 Å². The Morgan fingerprint density at radius 1 is 1.19 bits per heavy atom. The van der Waals surface area contributed by atoms with Gasteiger partial charge in [-0.15, -0.1) is 0 Å². The monoisotopic (exact) mass is 505 g/mol. The molecule has 3 rings (SSSR count). The molecule has 10 heteroatoms. The Bertz CT molecular complexity index is 1060. The molecule has 2 aromatic rings. The van der Waals surface area contributed by atoms with E-state index in [4.69, 9.17) is 14.2 Å². The Hall–Kier alpha value is -3.45. The number of benzene rings is 2. The smallest absolute Gasteiger partial charge is 0.422 e. The van der Waals surface area contributed by atoms with Gasteiger partial charge in [0.05, 0.1) is 17.9 Å². The fraction of sp³-hybridized carbons (Fsp3) is 0.462. The van der Waals surface area contributed by atoms with E-state index < -0.39 is 12.8 Å². The van der Waals surface area contributed by atoms with E-state index in [9.17, 15) is 23.2 Å². The average molecular weight is 506 g/mol. The van der Waals surface area contributed by atoms with Gasteiger partial charge in [0.15, 0.2) is 18.1 Å². The minimum absolute atomic E-state index is 0.0513. The maximum absolute atomic E-state index is 12.5. The first-order valence-electron chi connectivity index (χ1n) is 11.8. The van der Waals surface area contributed by atoms with Crippen LogP contribution in [0.25, 0.3) is 0 Å². The number of rotatable bonds is 14. The summed E-state index contributed by atoms with van der Waals surface area (Å²) in [6.07, 6.45) is -2.15. The van der Waals surface area contributed by atoms with Crippen LogP contribution >= 0.6 is 0 Å². The fourth-order valence-corrected chi connectivity index (χ4v) is 4.25. The lowest BCUT2D eigenvalue weighted by Crippen LogP contribution is -2.32. The van der Waals surface area contributed by atoms with Crippen molar-refractivity contribution in [2.24, 2.45) is 0 Å². The van der Waals surface area contributed by atoms with E-state index in [-0.39, 0.29) is 24.1 Å². The lowest BCUT2D eigenvalue weighted by molar-refractivity contribution is -0.153. The molecule has 0 unspecified atom stereocenters. The standard InChI is InChI=1S/C26H30F3N3O4/c1-19(31-8-12-35-23-5-2-3-6-24(23)36-17-26(27,28)29)13-20-14-21-7-10-32(9-4-11-34-18-33)25(21)22(15-20)16-30/h2-3,5-6,14-15,18-19,31H,4,7-13,17H2,1H3/t19-/m1/s1. The van der Waals surface area contributed by atoms with Gasteiger partial charge in [-0.3, -0.25) is 4.79 Å². The minimum Gasteiger partial charge on any atom is -0.488 e. The number of nitrogens with zero attached hydrogens (tertiary/aromatic N) is 2. The zero-order chi connectivity index (χ0) is 26.0. The first-order chi connectivity index (χ1) is 17.3. The minimum atomic E-state index is -4.42. The molecule has 1 heterocycles. The summed E-state index contributed by atoms with van der Waals surface area (Å²) in [6, 6.07) is 12.7. The van der Waals surface area contributed by atoms with Gasteiger partial charge in [0.25, 0.3) is 6.47 Å². The normalized spacial score (nSPS) is 13.6. The van der Waals surface area contributed by atoms with E-state index in [0.717, 1.165) is 36.3 Å². The van der Waals surface area contributed by atoms with E-state index in [1.54, 1.807) is 18.2 Å². The van der Waals surface area contributed by atoms with Crippen molar-refractivity contribution in [3.8, 4) is 17.6 Å². The lowest BCUT2D eigenvalue weighted by atomic mass is 9.99. The van der Waals surface area contributed by atoms with Crippen LogP contribution in [0.15, 0.2) is 36.4 Å². The van der Waals surface area contributed by atoms with Crippen LogP contribution in [0.3, 0.4) is 0 Å². The zero-order valence-electron chi connectivity index (χ0n) is 20.1. The number of ether oxygens (including phenoxy) is 3. The van der Waals surface area contributed by atoms with E-state index in [2.05, 4.69) is 22.4 Å². The summed E-state index contributed by atoms with van der Waals surface area (Å²) in [6.45, 7) is 3.74. The highest BCUT2D eigenvalue weighted by Gasteiger charge is 2.29. The molecule has 0 saturated heterocycles. The Kier molecular flexibility index (Phi) is 9.82. The number of anilines is 1. The van der Waals surface area contributed by atoms with E-state index in [1.807, 2.05) is 13.0 Å². The summed E-state index contributed by atoms with van der Waals surface area (Å²) in [5.41, 5.74) is 3.81. The van der Waals surface area contributed by atoms with Crippen molar-refractivity contribution >= 4 is 12.2 Å². The Morgan fingerprint density at radius 3 is 2.64 bits per heavy atom. The summed E-state index contributed by atoms with van der Waals surface area (Å²) in [4.78, 5) is 12.5. The number of nitriles is 1. The Balaban J connectivity index is 1.49. The molecule has 1 atom stereocenters. The topological polar surface area (TPSA) is 83.8 Å². The second kappa shape index (κ2) is 13.0. The van der Waals surface area contributed by atoms with Crippen LogP contribution in [0.5, 0.6) is 11.5 Å². The molecule has 1 aliphatic heterocycles. The average Bonchev–Trinajstić information content (AvgIpc) is 3.25. The number of fused-ring (bicyclic) bond motifs is 1. The van der Waals surface area contributed by atoms with Gasteiger partial charge >= 0.3 is 6.18 Å². The molecule has 7 nitrogen and oxygen atoms in total. The molecule has 0 spiro atoms. The Morgan fingerprint density at radius 2 is 1.94 bits per heavy atom. The summed E-state index contributed by atoms with van der Waals surface area (Å²) in [5.74, 6) is 0.311. The van der Waals surface area contributed by atoms with Gasteiger partial charge < -0.3 is 24.4 Å². The van der Waals surface area contributed by atoms with Crippen molar-refractivity contribution in [1.29, 1.82) is 5.26 Å². The molecule has 1 N–H and O–H groups in total. The highest BCUT2D eigenvalue weighted by molar-refractivity contribution is 5.68. The van der Waals surface area contributed by atoms with Gasteiger partial charge in [-0.1, -0.05) is 18.2 Å². The molecule has 36 heavy (non-hydrogen) atoms. The van der Waals surface area contributed by atoms with Gasteiger partial charge in [0.1, 0.15) is 12.7 Å². The number of carbonyl (C=O) groups excluding carboxylic acids is 1. The molecule has 0 aromatic heterocycles. The molecular weight excluding hydrogens is 475 g/mol. The first kappa shape index (κ1) is 27.1. The van der Waals surface area contributed by atoms with Gasteiger partial charge in [0.2, 0.25) is 0 Å².